The zero-order valence-electron chi connectivity index (χ0n) is 16.4. The van der Waals surface area contributed by atoms with Crippen LogP contribution in [-0.2, 0) is 0 Å². The number of guanidine groups is 1. The van der Waals surface area contributed by atoms with Gasteiger partial charge < -0.3 is 20.0 Å². The number of unbranched alkanes of at least 4 members (excludes halogenated alkanes) is 1. The largest absolute Gasteiger partial charge is 0.368 e. The Morgan fingerprint density at radius 2 is 1.67 bits per heavy atom. The first kappa shape index (κ1) is 22.2. The van der Waals surface area contributed by atoms with Crippen LogP contribution in [0.2, 0.25) is 0 Å². The topological polar surface area (TPSA) is 34.1 Å². The van der Waals surface area contributed by atoms with E-state index in [9.17, 15) is 4.39 Å². The molecule has 2 aliphatic rings. The Kier molecular flexibility index (Phi) is 9.61. The Bertz CT molecular complexity index is 566. The van der Waals surface area contributed by atoms with E-state index in [1.807, 2.05) is 19.2 Å². The molecule has 2 heterocycles. The average molecular weight is 489 g/mol. The van der Waals surface area contributed by atoms with Crippen LogP contribution in [0.5, 0.6) is 0 Å². The molecule has 3 rings (SSSR count). The zero-order valence-corrected chi connectivity index (χ0v) is 18.7. The normalized spacial score (nSPS) is 18.5. The molecule has 27 heavy (non-hydrogen) atoms. The Morgan fingerprint density at radius 3 is 2.30 bits per heavy atom. The van der Waals surface area contributed by atoms with Gasteiger partial charge in [-0.15, -0.1) is 24.0 Å². The minimum absolute atomic E-state index is 0. The van der Waals surface area contributed by atoms with Crippen LogP contribution in [0.15, 0.2) is 29.3 Å². The van der Waals surface area contributed by atoms with Gasteiger partial charge in [-0.3, -0.25) is 4.99 Å². The Balaban J connectivity index is 0.00000261. The highest BCUT2D eigenvalue weighted by atomic mass is 127. The van der Waals surface area contributed by atoms with Crippen LogP contribution in [0.1, 0.15) is 25.7 Å². The molecule has 152 valence electrons. The van der Waals surface area contributed by atoms with E-state index < -0.39 is 0 Å². The smallest absolute Gasteiger partial charge is 0.193 e. The van der Waals surface area contributed by atoms with E-state index in [0.29, 0.717) is 0 Å². The summed E-state index contributed by atoms with van der Waals surface area (Å²) in [5, 5.41) is 3.52. The van der Waals surface area contributed by atoms with Gasteiger partial charge in [-0.1, -0.05) is 0 Å². The quantitative estimate of drug-likeness (QED) is 0.289. The number of aliphatic imine (C=N–C) groups is 1. The lowest BCUT2D eigenvalue weighted by molar-refractivity contribution is 0.329. The molecule has 0 amide bonds. The highest BCUT2D eigenvalue weighted by molar-refractivity contribution is 14.0. The van der Waals surface area contributed by atoms with Crippen molar-refractivity contribution in [1.82, 2.24) is 15.1 Å². The van der Waals surface area contributed by atoms with Crippen LogP contribution in [0.4, 0.5) is 10.1 Å². The van der Waals surface area contributed by atoms with Gasteiger partial charge in [0.15, 0.2) is 5.96 Å². The standard InChI is InChI=1S/C20H32FN5.HI/c1-22-20(23-10-2-3-11-24-12-4-5-13-24)26-16-14-25(15-17-26)19-8-6-18(21)7-9-19;/h6-9H,2-5,10-17H2,1H3,(H,22,23);1H. The van der Waals surface area contributed by atoms with Gasteiger partial charge in [0.25, 0.3) is 0 Å². The molecule has 0 atom stereocenters. The lowest BCUT2D eigenvalue weighted by Crippen LogP contribution is -2.52. The van der Waals surface area contributed by atoms with E-state index in [2.05, 4.69) is 25.0 Å². The lowest BCUT2D eigenvalue weighted by Gasteiger charge is -2.37. The predicted octanol–water partition coefficient (Wildman–Crippen LogP) is 3.02. The molecule has 0 unspecified atom stereocenters. The van der Waals surface area contributed by atoms with Crippen LogP contribution in [0.25, 0.3) is 0 Å². The van der Waals surface area contributed by atoms with Gasteiger partial charge in [-0.25, -0.2) is 4.39 Å². The second-order valence-electron chi connectivity index (χ2n) is 7.18. The first-order chi connectivity index (χ1) is 12.8. The maximum absolute atomic E-state index is 13.1. The molecular formula is C20H33FIN5. The Morgan fingerprint density at radius 1 is 1.00 bits per heavy atom. The van der Waals surface area contributed by atoms with Crippen molar-refractivity contribution in [3.8, 4) is 0 Å². The van der Waals surface area contributed by atoms with Crippen molar-refractivity contribution in [3.05, 3.63) is 30.1 Å². The molecule has 0 aromatic heterocycles. The van der Waals surface area contributed by atoms with Crippen LogP contribution >= 0.6 is 24.0 Å². The molecular weight excluding hydrogens is 456 g/mol. The summed E-state index contributed by atoms with van der Waals surface area (Å²) in [5.41, 5.74) is 1.09. The van der Waals surface area contributed by atoms with E-state index in [-0.39, 0.29) is 29.8 Å². The number of nitrogens with one attached hydrogen (secondary N) is 1. The minimum atomic E-state index is -0.179. The molecule has 0 saturated carbocycles. The molecule has 0 radical (unpaired) electrons. The number of hydrogen-bond donors (Lipinski definition) is 1. The van der Waals surface area contributed by atoms with E-state index >= 15 is 0 Å². The van der Waals surface area contributed by atoms with Crippen molar-refractivity contribution in [3.63, 3.8) is 0 Å². The predicted molar refractivity (Wildman–Crippen MR) is 122 cm³/mol. The van der Waals surface area contributed by atoms with E-state index in [0.717, 1.165) is 44.4 Å². The Labute approximate surface area is 180 Å². The molecule has 2 saturated heterocycles. The van der Waals surface area contributed by atoms with E-state index in [1.165, 1.54) is 57.5 Å². The van der Waals surface area contributed by atoms with Crippen LogP contribution in [0.3, 0.4) is 0 Å². The van der Waals surface area contributed by atoms with Gasteiger partial charge in [-0.2, -0.15) is 0 Å². The highest BCUT2D eigenvalue weighted by Gasteiger charge is 2.19. The third-order valence-electron chi connectivity index (χ3n) is 5.37. The molecule has 1 aromatic rings. The monoisotopic (exact) mass is 489 g/mol. The maximum Gasteiger partial charge on any atom is 0.193 e. The van der Waals surface area contributed by atoms with Crippen molar-refractivity contribution < 1.29 is 4.39 Å². The first-order valence-electron chi connectivity index (χ1n) is 9.95. The highest BCUT2D eigenvalue weighted by Crippen LogP contribution is 2.17. The number of benzene rings is 1. The zero-order chi connectivity index (χ0) is 18.2. The van der Waals surface area contributed by atoms with E-state index in [4.69, 9.17) is 0 Å². The summed E-state index contributed by atoms with van der Waals surface area (Å²) in [4.78, 5) is 11.6. The summed E-state index contributed by atoms with van der Waals surface area (Å²) < 4.78 is 13.1. The fourth-order valence-electron chi connectivity index (χ4n) is 3.83. The number of anilines is 1. The number of piperazine rings is 1. The minimum Gasteiger partial charge on any atom is -0.368 e. The summed E-state index contributed by atoms with van der Waals surface area (Å²) in [5.74, 6) is 0.826. The van der Waals surface area contributed by atoms with Crippen molar-refractivity contribution in [2.75, 3.05) is 64.3 Å². The molecule has 0 bridgehead atoms. The van der Waals surface area contributed by atoms with Crippen LogP contribution < -0.4 is 10.2 Å². The number of hydrogen-bond acceptors (Lipinski definition) is 3. The molecule has 2 aliphatic heterocycles. The molecule has 1 aromatic carbocycles. The van der Waals surface area contributed by atoms with Gasteiger partial charge >= 0.3 is 0 Å². The third kappa shape index (κ3) is 6.78. The number of rotatable bonds is 6. The lowest BCUT2D eigenvalue weighted by atomic mass is 10.2. The number of likely N-dealkylation sites (tertiary alicyclic amines) is 1. The molecule has 0 aliphatic carbocycles. The fourth-order valence-corrected chi connectivity index (χ4v) is 3.83. The number of nitrogens with zero attached hydrogens (tertiary/aromatic N) is 4. The number of halogens is 2. The molecule has 0 spiro atoms. The van der Waals surface area contributed by atoms with E-state index in [1.54, 1.807) is 0 Å². The van der Waals surface area contributed by atoms with Crippen molar-refractivity contribution in [1.29, 1.82) is 0 Å². The van der Waals surface area contributed by atoms with Crippen molar-refractivity contribution in [2.45, 2.75) is 25.7 Å². The molecule has 5 nitrogen and oxygen atoms in total. The van der Waals surface area contributed by atoms with Crippen molar-refractivity contribution in [2.24, 2.45) is 4.99 Å². The fraction of sp³-hybridized carbons (Fsp3) is 0.650. The van der Waals surface area contributed by atoms with Gasteiger partial charge in [0.1, 0.15) is 5.82 Å². The second kappa shape index (κ2) is 11.7. The second-order valence-corrected chi connectivity index (χ2v) is 7.18. The molecule has 1 N–H and O–H groups in total. The van der Waals surface area contributed by atoms with Crippen LogP contribution in [-0.4, -0.2) is 75.2 Å². The third-order valence-corrected chi connectivity index (χ3v) is 5.37. The summed E-state index contributed by atoms with van der Waals surface area (Å²) in [6, 6.07) is 6.78. The van der Waals surface area contributed by atoms with Crippen LogP contribution in [0, 0.1) is 5.82 Å². The Hall–Kier alpha value is -1.09. The molecule has 2 fully saturated rings. The van der Waals surface area contributed by atoms with Gasteiger partial charge in [-0.05, 0) is 69.6 Å². The van der Waals surface area contributed by atoms with Gasteiger partial charge in [0.05, 0.1) is 0 Å². The molecule has 7 heteroatoms. The summed E-state index contributed by atoms with van der Waals surface area (Å²) >= 11 is 0. The summed E-state index contributed by atoms with van der Waals surface area (Å²) in [6.45, 7) is 8.52. The van der Waals surface area contributed by atoms with Gasteiger partial charge in [0, 0.05) is 45.5 Å². The first-order valence-corrected chi connectivity index (χ1v) is 9.95. The average Bonchev–Trinajstić information content (AvgIpc) is 3.19. The van der Waals surface area contributed by atoms with Crippen molar-refractivity contribution >= 4 is 35.6 Å². The maximum atomic E-state index is 13.1. The SMILES string of the molecule is CN=C(NCCCCN1CCCC1)N1CCN(c2ccc(F)cc2)CC1.I. The summed E-state index contributed by atoms with van der Waals surface area (Å²) in [6.07, 6.45) is 5.18. The summed E-state index contributed by atoms with van der Waals surface area (Å²) in [7, 11) is 1.86. The van der Waals surface area contributed by atoms with Gasteiger partial charge in [0.2, 0.25) is 0 Å².